The standard InChI is InChI=1S/C26H24N2O2S/c1-17-21-9-4-5-10-22(21)26(30)28(17)16-24(29)27-25(23-11-6-14-31-23)20-13-12-18-7-2-3-8-19(18)15-20/h4-6,9-15,25H,1-3,7-8,16H2,(H,27,29). The summed E-state index contributed by atoms with van der Waals surface area (Å²) in [5.41, 5.74) is 5.87. The highest BCUT2D eigenvalue weighted by Crippen LogP contribution is 2.32. The van der Waals surface area contributed by atoms with E-state index in [1.54, 1.807) is 17.4 Å². The van der Waals surface area contributed by atoms with Gasteiger partial charge in [-0.2, -0.15) is 0 Å². The molecule has 0 spiro atoms. The van der Waals surface area contributed by atoms with Crippen LogP contribution in [0.15, 0.2) is 66.6 Å². The van der Waals surface area contributed by atoms with E-state index in [-0.39, 0.29) is 24.4 Å². The summed E-state index contributed by atoms with van der Waals surface area (Å²) in [6.07, 6.45) is 4.68. The number of thiophene rings is 1. The molecule has 0 fully saturated rings. The molecule has 2 heterocycles. The lowest BCUT2D eigenvalue weighted by molar-refractivity contribution is -0.121. The summed E-state index contributed by atoms with van der Waals surface area (Å²) in [7, 11) is 0. The van der Waals surface area contributed by atoms with Gasteiger partial charge < -0.3 is 5.32 Å². The van der Waals surface area contributed by atoms with Crippen LogP contribution < -0.4 is 5.32 Å². The molecule has 4 nitrogen and oxygen atoms in total. The van der Waals surface area contributed by atoms with Crippen molar-refractivity contribution in [2.24, 2.45) is 0 Å². The van der Waals surface area contributed by atoms with E-state index in [1.165, 1.54) is 28.9 Å². The van der Waals surface area contributed by atoms with Crippen LogP contribution >= 0.6 is 11.3 Å². The van der Waals surface area contributed by atoms with Crippen molar-refractivity contribution < 1.29 is 9.59 Å². The second-order valence-corrected chi connectivity index (χ2v) is 9.11. The Morgan fingerprint density at radius 2 is 1.81 bits per heavy atom. The molecule has 1 unspecified atom stereocenters. The van der Waals surface area contributed by atoms with Crippen LogP contribution in [0.5, 0.6) is 0 Å². The van der Waals surface area contributed by atoms with E-state index in [0.717, 1.165) is 28.8 Å². The van der Waals surface area contributed by atoms with E-state index in [1.807, 2.05) is 35.7 Å². The normalized spacial score (nSPS) is 16.1. The number of benzene rings is 2. The number of fused-ring (bicyclic) bond motifs is 2. The summed E-state index contributed by atoms with van der Waals surface area (Å²) in [6, 6.07) is 17.8. The van der Waals surface area contributed by atoms with Crippen LogP contribution in [0.4, 0.5) is 0 Å². The average Bonchev–Trinajstić information content (AvgIpc) is 3.41. The van der Waals surface area contributed by atoms with Crippen LogP contribution in [0.2, 0.25) is 0 Å². The number of carbonyl (C=O) groups is 2. The lowest BCUT2D eigenvalue weighted by Gasteiger charge is -2.23. The van der Waals surface area contributed by atoms with Gasteiger partial charge >= 0.3 is 0 Å². The summed E-state index contributed by atoms with van der Waals surface area (Å²) < 4.78 is 0. The maximum Gasteiger partial charge on any atom is 0.259 e. The molecular formula is C26H24N2O2S. The number of hydrogen-bond donors (Lipinski definition) is 1. The monoisotopic (exact) mass is 428 g/mol. The first-order chi connectivity index (χ1) is 15.1. The van der Waals surface area contributed by atoms with Crippen LogP contribution in [0.25, 0.3) is 5.70 Å². The second kappa shape index (κ2) is 8.16. The first-order valence-corrected chi connectivity index (χ1v) is 11.5. The zero-order valence-corrected chi connectivity index (χ0v) is 18.1. The molecule has 1 aliphatic heterocycles. The molecule has 31 heavy (non-hydrogen) atoms. The molecule has 1 aromatic heterocycles. The van der Waals surface area contributed by atoms with Crippen LogP contribution in [0, 0.1) is 0 Å². The Morgan fingerprint density at radius 3 is 2.55 bits per heavy atom. The lowest BCUT2D eigenvalue weighted by atomic mass is 9.89. The van der Waals surface area contributed by atoms with Crippen LogP contribution in [-0.2, 0) is 17.6 Å². The summed E-state index contributed by atoms with van der Waals surface area (Å²) in [5.74, 6) is -0.365. The molecule has 2 aromatic carbocycles. The largest absolute Gasteiger partial charge is 0.343 e. The molecule has 3 aromatic rings. The zero-order chi connectivity index (χ0) is 21.4. The van der Waals surface area contributed by atoms with Crippen molar-refractivity contribution in [2.45, 2.75) is 31.7 Å². The van der Waals surface area contributed by atoms with Gasteiger partial charge in [-0.25, -0.2) is 0 Å². The van der Waals surface area contributed by atoms with Crippen LogP contribution in [0.3, 0.4) is 0 Å². The highest BCUT2D eigenvalue weighted by Gasteiger charge is 2.32. The van der Waals surface area contributed by atoms with E-state index < -0.39 is 0 Å². The highest BCUT2D eigenvalue weighted by molar-refractivity contribution is 7.10. The number of rotatable bonds is 5. The van der Waals surface area contributed by atoms with Crippen molar-refractivity contribution in [1.29, 1.82) is 0 Å². The van der Waals surface area contributed by atoms with Gasteiger partial charge in [0.2, 0.25) is 5.91 Å². The Hall–Kier alpha value is -3.18. The second-order valence-electron chi connectivity index (χ2n) is 8.13. The van der Waals surface area contributed by atoms with Gasteiger partial charge in [-0.1, -0.05) is 49.0 Å². The average molecular weight is 429 g/mol. The first-order valence-electron chi connectivity index (χ1n) is 10.7. The number of nitrogens with one attached hydrogen (secondary N) is 1. The first kappa shape index (κ1) is 19.8. The molecule has 5 rings (SSSR count). The molecule has 1 aliphatic carbocycles. The number of aryl methyl sites for hydroxylation is 2. The Balaban J connectivity index is 1.38. The number of amides is 2. The molecule has 1 atom stereocenters. The fourth-order valence-corrected chi connectivity index (χ4v) is 5.36. The molecule has 0 bridgehead atoms. The van der Waals surface area contributed by atoms with E-state index in [4.69, 9.17) is 0 Å². The minimum absolute atomic E-state index is 0.0425. The maximum absolute atomic E-state index is 13.1. The van der Waals surface area contributed by atoms with Crippen molar-refractivity contribution in [1.82, 2.24) is 10.2 Å². The van der Waals surface area contributed by atoms with Gasteiger partial charge in [-0.05, 0) is 59.9 Å². The Kier molecular flexibility index (Phi) is 5.20. The van der Waals surface area contributed by atoms with Gasteiger partial charge in [0, 0.05) is 21.7 Å². The third-order valence-electron chi connectivity index (χ3n) is 6.18. The summed E-state index contributed by atoms with van der Waals surface area (Å²) >= 11 is 1.63. The molecule has 1 N–H and O–H groups in total. The fraction of sp³-hybridized carbons (Fsp3) is 0.231. The lowest BCUT2D eigenvalue weighted by Crippen LogP contribution is -2.38. The summed E-state index contributed by atoms with van der Waals surface area (Å²) in [4.78, 5) is 28.4. The van der Waals surface area contributed by atoms with E-state index in [2.05, 4.69) is 30.1 Å². The molecule has 0 radical (unpaired) electrons. The molecular weight excluding hydrogens is 404 g/mol. The summed E-state index contributed by atoms with van der Waals surface area (Å²) in [6.45, 7) is 4.00. The van der Waals surface area contributed by atoms with Crippen LogP contribution in [-0.4, -0.2) is 23.3 Å². The van der Waals surface area contributed by atoms with Gasteiger partial charge in [-0.15, -0.1) is 11.3 Å². The summed E-state index contributed by atoms with van der Waals surface area (Å²) in [5, 5.41) is 5.20. The van der Waals surface area contributed by atoms with Crippen molar-refractivity contribution in [2.75, 3.05) is 6.54 Å². The van der Waals surface area contributed by atoms with E-state index in [9.17, 15) is 9.59 Å². The third kappa shape index (κ3) is 3.70. The molecule has 2 aliphatic rings. The SMILES string of the molecule is C=C1c2ccccc2C(=O)N1CC(=O)NC(c1ccc2c(c1)CCCC2)c1cccs1. The molecule has 0 saturated heterocycles. The molecule has 5 heteroatoms. The van der Waals surface area contributed by atoms with Crippen molar-refractivity contribution in [3.8, 4) is 0 Å². The Morgan fingerprint density at radius 1 is 1.03 bits per heavy atom. The van der Waals surface area contributed by atoms with Crippen molar-refractivity contribution >= 4 is 28.8 Å². The highest BCUT2D eigenvalue weighted by atomic mass is 32.1. The number of carbonyl (C=O) groups excluding carboxylic acids is 2. The van der Waals surface area contributed by atoms with Gasteiger partial charge in [0.05, 0.1) is 6.04 Å². The van der Waals surface area contributed by atoms with Gasteiger partial charge in [0.15, 0.2) is 0 Å². The molecule has 156 valence electrons. The predicted molar refractivity (Wildman–Crippen MR) is 124 cm³/mol. The molecule has 0 saturated carbocycles. The minimum atomic E-state index is -0.229. The van der Waals surface area contributed by atoms with Gasteiger partial charge in [0.25, 0.3) is 5.91 Å². The minimum Gasteiger partial charge on any atom is -0.343 e. The van der Waals surface area contributed by atoms with Gasteiger partial charge in [0.1, 0.15) is 6.54 Å². The third-order valence-corrected chi connectivity index (χ3v) is 7.12. The Labute approximate surface area is 186 Å². The Bertz CT molecular complexity index is 1130. The fourth-order valence-electron chi connectivity index (χ4n) is 4.56. The van der Waals surface area contributed by atoms with Crippen LogP contribution in [0.1, 0.15) is 56.4 Å². The quantitative estimate of drug-likeness (QED) is 0.624. The van der Waals surface area contributed by atoms with E-state index >= 15 is 0 Å². The maximum atomic E-state index is 13.1. The zero-order valence-electron chi connectivity index (χ0n) is 17.3. The van der Waals surface area contributed by atoms with Crippen molar-refractivity contribution in [3.05, 3.63) is 99.3 Å². The topological polar surface area (TPSA) is 49.4 Å². The number of hydrogen-bond acceptors (Lipinski definition) is 3. The predicted octanol–water partition coefficient (Wildman–Crippen LogP) is 4.96. The smallest absolute Gasteiger partial charge is 0.259 e. The number of nitrogens with zero attached hydrogens (tertiary/aromatic N) is 1. The van der Waals surface area contributed by atoms with E-state index in [0.29, 0.717) is 11.3 Å². The van der Waals surface area contributed by atoms with Crippen molar-refractivity contribution in [3.63, 3.8) is 0 Å². The molecule has 2 amide bonds. The van der Waals surface area contributed by atoms with Gasteiger partial charge in [-0.3, -0.25) is 14.5 Å².